The zero-order valence-electron chi connectivity index (χ0n) is 14.3. The molecule has 2 aromatic carbocycles. The lowest BCUT2D eigenvalue weighted by molar-refractivity contribution is -0.394. The van der Waals surface area contributed by atoms with Crippen molar-refractivity contribution in [2.24, 2.45) is 0 Å². The monoisotopic (exact) mass is 405 g/mol. The SMILES string of the molecule is O=C(COc1ccc([N+](=O)[O-])cc1)NNC(=O)c1cc([N+](=O)[O-])cc([N+](=O)[O-])c1. The highest BCUT2D eigenvalue weighted by Gasteiger charge is 2.20. The van der Waals surface area contributed by atoms with Crippen molar-refractivity contribution in [2.75, 3.05) is 6.61 Å². The van der Waals surface area contributed by atoms with E-state index in [1.165, 1.54) is 24.3 Å². The number of hydrazine groups is 1. The average Bonchev–Trinajstić information content (AvgIpc) is 2.70. The molecule has 0 aliphatic carbocycles. The fourth-order valence-electron chi connectivity index (χ4n) is 1.98. The van der Waals surface area contributed by atoms with E-state index in [1.807, 2.05) is 10.9 Å². The number of hydrogen-bond donors (Lipinski definition) is 2. The van der Waals surface area contributed by atoms with Gasteiger partial charge in [0.2, 0.25) is 0 Å². The lowest BCUT2D eigenvalue weighted by Crippen LogP contribution is -2.43. The van der Waals surface area contributed by atoms with Crippen LogP contribution in [0.25, 0.3) is 0 Å². The number of carbonyl (C=O) groups is 2. The van der Waals surface area contributed by atoms with E-state index >= 15 is 0 Å². The highest BCUT2D eigenvalue weighted by Crippen LogP contribution is 2.22. The largest absolute Gasteiger partial charge is 0.484 e. The molecule has 0 saturated carbocycles. The van der Waals surface area contributed by atoms with Crippen LogP contribution in [-0.4, -0.2) is 33.2 Å². The second-order valence-corrected chi connectivity index (χ2v) is 5.29. The Balaban J connectivity index is 1.94. The summed E-state index contributed by atoms with van der Waals surface area (Å²) in [6.07, 6.45) is 0. The summed E-state index contributed by atoms with van der Waals surface area (Å²) in [6.45, 7) is -0.562. The van der Waals surface area contributed by atoms with Gasteiger partial charge in [-0.3, -0.25) is 50.8 Å². The van der Waals surface area contributed by atoms with Crippen molar-refractivity contribution < 1.29 is 29.1 Å². The number of nitro groups is 3. The molecule has 2 N–H and O–H groups in total. The maximum atomic E-state index is 12.0. The first-order valence-electron chi connectivity index (χ1n) is 7.57. The third kappa shape index (κ3) is 5.68. The fourth-order valence-corrected chi connectivity index (χ4v) is 1.98. The zero-order valence-corrected chi connectivity index (χ0v) is 14.3. The first-order valence-corrected chi connectivity index (χ1v) is 7.57. The Morgan fingerprint density at radius 1 is 0.793 bits per heavy atom. The number of carbonyl (C=O) groups excluding carboxylic acids is 2. The van der Waals surface area contributed by atoms with Crippen LogP contribution in [-0.2, 0) is 4.79 Å². The normalized spacial score (nSPS) is 9.93. The van der Waals surface area contributed by atoms with Gasteiger partial charge in [0.25, 0.3) is 28.9 Å². The number of nitrogens with zero attached hydrogens (tertiary/aromatic N) is 3. The number of rotatable bonds is 7. The number of amides is 2. The molecule has 0 fully saturated rings. The second-order valence-electron chi connectivity index (χ2n) is 5.29. The van der Waals surface area contributed by atoms with Crippen molar-refractivity contribution >= 4 is 28.9 Å². The fraction of sp³-hybridized carbons (Fsp3) is 0.0667. The molecule has 2 rings (SSSR count). The molecule has 0 aliphatic rings. The van der Waals surface area contributed by atoms with Gasteiger partial charge in [-0.1, -0.05) is 0 Å². The van der Waals surface area contributed by atoms with Gasteiger partial charge in [-0.15, -0.1) is 0 Å². The van der Waals surface area contributed by atoms with Crippen LogP contribution < -0.4 is 15.6 Å². The number of ether oxygens (including phenoxy) is 1. The number of benzene rings is 2. The molecule has 0 bridgehead atoms. The summed E-state index contributed by atoms with van der Waals surface area (Å²) in [6, 6.07) is 7.18. The highest BCUT2D eigenvalue weighted by atomic mass is 16.6. The molecule has 0 radical (unpaired) electrons. The predicted octanol–water partition coefficient (Wildman–Crippen LogP) is 1.25. The summed E-state index contributed by atoms with van der Waals surface area (Å²) in [5.74, 6) is -1.69. The average molecular weight is 405 g/mol. The molecule has 0 spiro atoms. The third-order valence-corrected chi connectivity index (χ3v) is 3.32. The van der Waals surface area contributed by atoms with Gasteiger partial charge < -0.3 is 4.74 Å². The van der Waals surface area contributed by atoms with Crippen LogP contribution in [0.5, 0.6) is 5.75 Å². The van der Waals surface area contributed by atoms with Crippen molar-refractivity contribution in [3.8, 4) is 5.75 Å². The highest BCUT2D eigenvalue weighted by molar-refractivity contribution is 5.96. The Morgan fingerprint density at radius 3 is 1.79 bits per heavy atom. The van der Waals surface area contributed by atoms with Crippen LogP contribution in [0.2, 0.25) is 0 Å². The molecule has 29 heavy (non-hydrogen) atoms. The van der Waals surface area contributed by atoms with E-state index in [2.05, 4.69) is 0 Å². The van der Waals surface area contributed by atoms with Gasteiger partial charge in [-0.2, -0.15) is 0 Å². The summed E-state index contributed by atoms with van der Waals surface area (Å²) in [5, 5.41) is 32.2. The molecule has 14 nitrogen and oxygen atoms in total. The molecule has 0 aromatic heterocycles. The summed E-state index contributed by atoms with van der Waals surface area (Å²) in [4.78, 5) is 53.5. The van der Waals surface area contributed by atoms with E-state index in [0.717, 1.165) is 12.1 Å². The lowest BCUT2D eigenvalue weighted by Gasteiger charge is -2.09. The van der Waals surface area contributed by atoms with Crippen molar-refractivity contribution in [1.82, 2.24) is 10.9 Å². The van der Waals surface area contributed by atoms with E-state index in [9.17, 15) is 39.9 Å². The second kappa shape index (κ2) is 8.85. The molecule has 2 aromatic rings. The van der Waals surface area contributed by atoms with Crippen LogP contribution in [0.15, 0.2) is 42.5 Å². The number of nitrogens with one attached hydrogen (secondary N) is 2. The Labute approximate surface area is 160 Å². The van der Waals surface area contributed by atoms with Gasteiger partial charge in [0, 0.05) is 24.3 Å². The van der Waals surface area contributed by atoms with Gasteiger partial charge in [0.05, 0.1) is 26.4 Å². The van der Waals surface area contributed by atoms with Crippen molar-refractivity contribution in [1.29, 1.82) is 0 Å². The number of non-ortho nitro benzene ring substituents is 3. The lowest BCUT2D eigenvalue weighted by atomic mass is 10.1. The molecule has 150 valence electrons. The van der Waals surface area contributed by atoms with Crippen molar-refractivity contribution in [2.45, 2.75) is 0 Å². The first kappa shape index (κ1) is 20.7. The molecular weight excluding hydrogens is 394 g/mol. The van der Waals surface area contributed by atoms with E-state index in [1.54, 1.807) is 0 Å². The van der Waals surface area contributed by atoms with Crippen LogP contribution >= 0.6 is 0 Å². The quantitative estimate of drug-likeness (QED) is 0.503. The van der Waals surface area contributed by atoms with E-state index in [-0.39, 0.29) is 11.4 Å². The molecule has 0 unspecified atom stereocenters. The predicted molar refractivity (Wildman–Crippen MR) is 94.0 cm³/mol. The summed E-state index contributed by atoms with van der Waals surface area (Å²) in [5.41, 5.74) is 1.99. The summed E-state index contributed by atoms with van der Waals surface area (Å²) < 4.78 is 5.08. The van der Waals surface area contributed by atoms with Gasteiger partial charge in [0.15, 0.2) is 6.61 Å². The minimum atomic E-state index is -1.03. The van der Waals surface area contributed by atoms with E-state index in [4.69, 9.17) is 4.74 Å². The Bertz CT molecular complexity index is 958. The zero-order chi connectivity index (χ0) is 21.6. The molecule has 0 atom stereocenters. The topological polar surface area (TPSA) is 197 Å². The standard InChI is InChI=1S/C15H11N5O9/c21-14(8-29-13-3-1-10(2-4-13)18(23)24)16-17-15(22)9-5-11(19(25)26)7-12(6-9)20(27)28/h1-7H,8H2,(H,16,21)(H,17,22). The van der Waals surface area contributed by atoms with Gasteiger partial charge in [-0.25, -0.2) is 0 Å². The Hall–Kier alpha value is -4.62. The molecule has 0 aliphatic heterocycles. The number of nitro benzene ring substituents is 3. The Morgan fingerprint density at radius 2 is 1.31 bits per heavy atom. The van der Waals surface area contributed by atoms with Crippen LogP contribution in [0.3, 0.4) is 0 Å². The van der Waals surface area contributed by atoms with Crippen molar-refractivity contribution in [3.63, 3.8) is 0 Å². The Kier molecular flexibility index (Phi) is 6.31. The maximum absolute atomic E-state index is 12.0. The molecule has 2 amide bonds. The maximum Gasteiger partial charge on any atom is 0.277 e. The number of hydrogen-bond acceptors (Lipinski definition) is 9. The van der Waals surface area contributed by atoms with E-state index < -0.39 is 50.1 Å². The summed E-state index contributed by atoms with van der Waals surface area (Å²) in [7, 11) is 0. The third-order valence-electron chi connectivity index (χ3n) is 3.32. The van der Waals surface area contributed by atoms with Crippen molar-refractivity contribution in [3.05, 3.63) is 78.4 Å². The molecular formula is C15H11N5O9. The summed E-state index contributed by atoms with van der Waals surface area (Å²) >= 11 is 0. The minimum Gasteiger partial charge on any atom is -0.484 e. The molecule has 0 saturated heterocycles. The van der Waals surface area contributed by atoms with Gasteiger partial charge in [0.1, 0.15) is 5.75 Å². The van der Waals surface area contributed by atoms with Gasteiger partial charge >= 0.3 is 0 Å². The molecule has 14 heteroatoms. The molecule has 0 heterocycles. The van der Waals surface area contributed by atoms with E-state index in [0.29, 0.717) is 6.07 Å². The van der Waals surface area contributed by atoms with Crippen LogP contribution in [0.4, 0.5) is 17.1 Å². The first-order chi connectivity index (χ1) is 13.7. The smallest absolute Gasteiger partial charge is 0.277 e. The van der Waals surface area contributed by atoms with Crippen LogP contribution in [0, 0.1) is 30.3 Å². The van der Waals surface area contributed by atoms with Gasteiger partial charge in [-0.05, 0) is 12.1 Å². The van der Waals surface area contributed by atoms with Crippen LogP contribution in [0.1, 0.15) is 10.4 Å². The minimum absolute atomic E-state index is 0.159.